The number of amides is 1. The number of aromatic amines is 1. The van der Waals surface area contributed by atoms with E-state index in [4.69, 9.17) is 16.3 Å². The average molecular weight is 513 g/mol. The van der Waals surface area contributed by atoms with Crippen molar-refractivity contribution in [3.05, 3.63) is 99.6 Å². The third-order valence-electron chi connectivity index (χ3n) is 4.79. The van der Waals surface area contributed by atoms with Crippen LogP contribution in [-0.4, -0.2) is 21.8 Å². The zero-order chi connectivity index (χ0) is 24.9. The van der Waals surface area contributed by atoms with Crippen LogP contribution in [0.5, 0.6) is 11.5 Å². The molecule has 2 aromatic heterocycles. The van der Waals surface area contributed by atoms with Gasteiger partial charge in [-0.2, -0.15) is 0 Å². The van der Waals surface area contributed by atoms with Crippen LogP contribution in [0, 0.1) is 11.6 Å². The summed E-state index contributed by atoms with van der Waals surface area (Å²) in [6.45, 7) is 0. The number of H-pyrrole nitrogens is 1. The molecule has 4 aromatic rings. The molecule has 0 saturated heterocycles. The summed E-state index contributed by atoms with van der Waals surface area (Å²) in [5, 5.41) is 2.58. The molecule has 176 valence electrons. The highest BCUT2D eigenvalue weighted by atomic mass is 35.5. The van der Waals surface area contributed by atoms with E-state index >= 15 is 0 Å². The highest BCUT2D eigenvalue weighted by molar-refractivity contribution is 7.36. The van der Waals surface area contributed by atoms with E-state index in [2.05, 4.69) is 29.5 Å². The van der Waals surface area contributed by atoms with Crippen LogP contribution < -0.4 is 15.5 Å². The molecular weight excluding hydrogens is 497 g/mol. The molecule has 0 fully saturated rings. The van der Waals surface area contributed by atoms with E-state index in [-0.39, 0.29) is 39.2 Å². The Balaban J connectivity index is 1.54. The number of hydrogen-bond acceptors (Lipinski definition) is 5. The summed E-state index contributed by atoms with van der Waals surface area (Å²) in [6.07, 6.45) is 4.07. The molecule has 1 amide bonds. The molecule has 0 aliphatic heterocycles. The van der Waals surface area contributed by atoms with Gasteiger partial charge < -0.3 is 15.0 Å². The average Bonchev–Trinajstić information content (AvgIpc) is 2.84. The SMILES string of the molecule is O=C(Nc1ccc(Oc2ccnc(N=CP)c2Cl)c(F)c1)c1c[nH]cc(-c2ccc(F)cc2)c1=O. The van der Waals surface area contributed by atoms with Crippen molar-refractivity contribution in [3.8, 4) is 22.6 Å². The monoisotopic (exact) mass is 512 g/mol. The number of rotatable bonds is 6. The zero-order valence-electron chi connectivity index (χ0n) is 17.8. The number of pyridine rings is 2. The Bertz CT molecular complexity index is 1490. The molecular formula is C24H16ClF2N4O3P. The van der Waals surface area contributed by atoms with Crippen LogP contribution in [0.15, 0.2) is 76.9 Å². The lowest BCUT2D eigenvalue weighted by Gasteiger charge is -2.11. The molecule has 0 bridgehead atoms. The van der Waals surface area contributed by atoms with Crippen LogP contribution in [-0.2, 0) is 0 Å². The number of anilines is 1. The minimum atomic E-state index is -0.777. The van der Waals surface area contributed by atoms with Gasteiger partial charge in [0.1, 0.15) is 16.4 Å². The Labute approximate surface area is 205 Å². The highest BCUT2D eigenvalue weighted by Gasteiger charge is 2.17. The maximum Gasteiger partial charge on any atom is 0.261 e. The van der Waals surface area contributed by atoms with Gasteiger partial charge in [-0.15, -0.1) is 0 Å². The van der Waals surface area contributed by atoms with Crippen molar-refractivity contribution in [2.24, 2.45) is 4.99 Å². The molecule has 0 radical (unpaired) electrons. The fraction of sp³-hybridized carbons (Fsp3) is 0. The van der Waals surface area contributed by atoms with E-state index in [1.165, 1.54) is 67.0 Å². The number of nitrogens with zero attached hydrogens (tertiary/aromatic N) is 2. The molecule has 7 nitrogen and oxygen atoms in total. The van der Waals surface area contributed by atoms with Crippen LogP contribution in [0.25, 0.3) is 11.1 Å². The minimum absolute atomic E-state index is 0.0977. The van der Waals surface area contributed by atoms with Crippen LogP contribution in [0.4, 0.5) is 20.3 Å². The highest BCUT2D eigenvalue weighted by Crippen LogP contribution is 2.36. The van der Waals surface area contributed by atoms with Crippen molar-refractivity contribution in [2.45, 2.75) is 0 Å². The van der Waals surface area contributed by atoms with Gasteiger partial charge in [0, 0.05) is 47.9 Å². The van der Waals surface area contributed by atoms with Crippen molar-refractivity contribution < 1.29 is 18.3 Å². The normalized spacial score (nSPS) is 11.0. The second-order valence-electron chi connectivity index (χ2n) is 7.04. The predicted octanol–water partition coefficient (Wildman–Crippen LogP) is 5.95. The number of carbonyl (C=O) groups is 1. The molecule has 0 aliphatic rings. The molecule has 4 rings (SSSR count). The Morgan fingerprint density at radius 1 is 1.11 bits per heavy atom. The maximum absolute atomic E-state index is 14.7. The van der Waals surface area contributed by atoms with Crippen LogP contribution in [0.3, 0.4) is 0 Å². The van der Waals surface area contributed by atoms with E-state index in [0.29, 0.717) is 5.56 Å². The van der Waals surface area contributed by atoms with Crippen molar-refractivity contribution in [1.29, 1.82) is 0 Å². The topological polar surface area (TPSA) is 96.4 Å². The number of nitrogens with one attached hydrogen (secondary N) is 2. The Kier molecular flexibility index (Phi) is 7.29. The molecule has 2 aromatic carbocycles. The van der Waals surface area contributed by atoms with Crippen molar-refractivity contribution in [3.63, 3.8) is 0 Å². The first kappa shape index (κ1) is 24.2. The van der Waals surface area contributed by atoms with Gasteiger partial charge in [-0.1, -0.05) is 33.0 Å². The predicted molar refractivity (Wildman–Crippen MR) is 134 cm³/mol. The van der Waals surface area contributed by atoms with Crippen molar-refractivity contribution in [1.82, 2.24) is 9.97 Å². The van der Waals surface area contributed by atoms with E-state index in [1.54, 1.807) is 0 Å². The number of halogens is 3. The summed E-state index contributed by atoms with van der Waals surface area (Å²) in [4.78, 5) is 36.2. The largest absolute Gasteiger partial charge is 0.453 e. The third kappa shape index (κ3) is 5.42. The van der Waals surface area contributed by atoms with E-state index in [1.807, 2.05) is 0 Å². The van der Waals surface area contributed by atoms with E-state index < -0.39 is 23.0 Å². The van der Waals surface area contributed by atoms with E-state index in [0.717, 1.165) is 6.07 Å². The molecule has 0 saturated carbocycles. The van der Waals surface area contributed by atoms with Gasteiger partial charge in [-0.25, -0.2) is 18.8 Å². The molecule has 1 atom stereocenters. The first-order chi connectivity index (χ1) is 16.9. The molecule has 35 heavy (non-hydrogen) atoms. The number of hydrogen-bond donors (Lipinski definition) is 2. The van der Waals surface area contributed by atoms with E-state index in [9.17, 15) is 18.4 Å². The van der Waals surface area contributed by atoms with Crippen LogP contribution in [0.1, 0.15) is 10.4 Å². The van der Waals surface area contributed by atoms with Gasteiger partial charge in [0.05, 0.1) is 0 Å². The third-order valence-corrected chi connectivity index (χ3v) is 5.29. The number of ether oxygens (including phenoxy) is 1. The quantitative estimate of drug-likeness (QED) is 0.246. The summed E-state index contributed by atoms with van der Waals surface area (Å²) < 4.78 is 33.4. The summed E-state index contributed by atoms with van der Waals surface area (Å²) in [7, 11) is 2.29. The molecule has 0 spiro atoms. The Hall–Kier alpha value is -3.94. The van der Waals surface area contributed by atoms with Crippen molar-refractivity contribution in [2.75, 3.05) is 5.32 Å². The van der Waals surface area contributed by atoms with Gasteiger partial charge in [-0.05, 0) is 29.8 Å². The van der Waals surface area contributed by atoms with Gasteiger partial charge in [-0.3, -0.25) is 9.59 Å². The lowest BCUT2D eigenvalue weighted by atomic mass is 10.0. The summed E-state index contributed by atoms with van der Waals surface area (Å²) in [5.74, 6) is -0.345. The second-order valence-corrected chi connectivity index (χ2v) is 7.72. The molecule has 0 aliphatic carbocycles. The lowest BCUT2D eigenvalue weighted by Crippen LogP contribution is -2.22. The number of carbonyl (C=O) groups excluding carboxylic acids is 1. The lowest BCUT2D eigenvalue weighted by molar-refractivity contribution is 0.102. The molecule has 2 heterocycles. The molecule has 1 unspecified atom stereocenters. The first-order valence-corrected chi connectivity index (χ1v) is 11.1. The second kappa shape index (κ2) is 10.5. The smallest absolute Gasteiger partial charge is 0.261 e. The molecule has 11 heteroatoms. The van der Waals surface area contributed by atoms with Crippen molar-refractivity contribution >= 4 is 44.2 Å². The zero-order valence-corrected chi connectivity index (χ0v) is 19.7. The van der Waals surface area contributed by atoms with Gasteiger partial charge in [0.2, 0.25) is 5.43 Å². The fourth-order valence-electron chi connectivity index (χ4n) is 3.13. The number of aliphatic imine (C=N–C) groups is 1. The Morgan fingerprint density at radius 2 is 1.89 bits per heavy atom. The van der Waals surface area contributed by atoms with Gasteiger partial charge >= 0.3 is 0 Å². The number of benzene rings is 2. The number of aromatic nitrogens is 2. The summed E-state index contributed by atoms with van der Waals surface area (Å²) in [5.41, 5.74) is -0.0354. The summed E-state index contributed by atoms with van der Waals surface area (Å²) >= 11 is 6.20. The minimum Gasteiger partial charge on any atom is -0.453 e. The Morgan fingerprint density at radius 3 is 2.60 bits per heavy atom. The molecule has 2 N–H and O–H groups in total. The van der Waals surface area contributed by atoms with Crippen LogP contribution in [0.2, 0.25) is 5.02 Å². The van der Waals surface area contributed by atoms with Crippen LogP contribution >= 0.6 is 20.8 Å². The first-order valence-electron chi connectivity index (χ1n) is 10.0. The maximum atomic E-state index is 14.7. The standard InChI is InChI=1S/C24H16ClF2N4O3P/c25-21-20(7-8-29-23(21)30-12-35)34-19-6-5-15(9-18(19)27)31-24(33)17-11-28-10-16(22(17)32)13-1-3-14(26)4-2-13/h1-12H,35H2,(H,28,32)(H,31,33). The van der Waals surface area contributed by atoms with Gasteiger partial charge in [0.25, 0.3) is 5.91 Å². The summed E-state index contributed by atoms with van der Waals surface area (Å²) in [6, 6.07) is 10.5. The van der Waals surface area contributed by atoms with Gasteiger partial charge in [0.15, 0.2) is 23.1 Å². The fourth-order valence-corrected chi connectivity index (χ4v) is 3.47.